The van der Waals surface area contributed by atoms with E-state index in [4.69, 9.17) is 9.47 Å². The van der Waals surface area contributed by atoms with Crippen LogP contribution >= 0.6 is 11.8 Å². The van der Waals surface area contributed by atoms with E-state index in [-0.39, 0.29) is 18.0 Å². The minimum atomic E-state index is -4.57. The molecule has 3 rings (SSSR count). The summed E-state index contributed by atoms with van der Waals surface area (Å²) < 4.78 is 51.9. The van der Waals surface area contributed by atoms with E-state index >= 15 is 0 Å². The van der Waals surface area contributed by atoms with Crippen LogP contribution in [-0.2, 0) is 24.1 Å². The standard InChI is InChI=1S/C22H21F3N4O3S/c1-3-12-29-19(13-32-16-10-8-15(31-2)9-11-16)27-28-21(29)33-14-20(30)26-18-7-5-4-6-17(18)22(23,24)25/h3-11H,1,12-14H2,2H3,(H,26,30). The number of carbonyl (C=O) groups excluding carboxylic acids is 1. The third kappa shape index (κ3) is 6.51. The molecule has 7 nitrogen and oxygen atoms in total. The number of hydrogen-bond donors (Lipinski definition) is 1. The SMILES string of the molecule is C=CCn1c(COc2ccc(OC)cc2)nnc1SCC(=O)Nc1ccccc1C(F)(F)F. The van der Waals surface area contributed by atoms with Crippen molar-refractivity contribution in [2.45, 2.75) is 24.5 Å². The van der Waals surface area contributed by atoms with Gasteiger partial charge < -0.3 is 14.8 Å². The molecular formula is C22H21F3N4O3S. The maximum atomic E-state index is 13.1. The molecule has 2 aromatic carbocycles. The Balaban J connectivity index is 1.63. The molecule has 174 valence electrons. The predicted octanol–water partition coefficient (Wildman–Crippen LogP) is 4.80. The fraction of sp³-hybridized carbons (Fsp3) is 0.227. The highest BCUT2D eigenvalue weighted by Crippen LogP contribution is 2.34. The van der Waals surface area contributed by atoms with Gasteiger partial charge in [0.15, 0.2) is 11.0 Å². The molecule has 0 aliphatic heterocycles. The number of amides is 1. The average molecular weight is 478 g/mol. The smallest absolute Gasteiger partial charge is 0.418 e. The number of benzene rings is 2. The van der Waals surface area contributed by atoms with E-state index < -0.39 is 17.6 Å². The van der Waals surface area contributed by atoms with E-state index in [1.54, 1.807) is 42.0 Å². The van der Waals surface area contributed by atoms with Crippen LogP contribution in [0.25, 0.3) is 0 Å². The minimum absolute atomic E-state index is 0.124. The molecular weight excluding hydrogens is 457 g/mol. The summed E-state index contributed by atoms with van der Waals surface area (Å²) in [7, 11) is 1.57. The molecule has 0 radical (unpaired) electrons. The van der Waals surface area contributed by atoms with Crippen molar-refractivity contribution in [2.75, 3.05) is 18.2 Å². The van der Waals surface area contributed by atoms with Gasteiger partial charge in [-0.25, -0.2) is 0 Å². The lowest BCUT2D eigenvalue weighted by Crippen LogP contribution is -2.18. The molecule has 1 heterocycles. The van der Waals surface area contributed by atoms with Gasteiger partial charge in [-0.05, 0) is 36.4 Å². The molecule has 0 unspecified atom stereocenters. The predicted molar refractivity (Wildman–Crippen MR) is 118 cm³/mol. The van der Waals surface area contributed by atoms with Crippen LogP contribution < -0.4 is 14.8 Å². The molecule has 0 aliphatic carbocycles. The molecule has 0 atom stereocenters. The molecule has 0 bridgehead atoms. The van der Waals surface area contributed by atoms with Gasteiger partial charge in [-0.2, -0.15) is 13.2 Å². The monoisotopic (exact) mass is 478 g/mol. The zero-order valence-electron chi connectivity index (χ0n) is 17.6. The van der Waals surface area contributed by atoms with Gasteiger partial charge in [-0.15, -0.1) is 16.8 Å². The number of para-hydroxylation sites is 1. The van der Waals surface area contributed by atoms with Crippen molar-refractivity contribution in [3.05, 3.63) is 72.6 Å². The summed E-state index contributed by atoms with van der Waals surface area (Å²) in [5.41, 5.74) is -1.20. The van der Waals surface area contributed by atoms with Gasteiger partial charge in [0.25, 0.3) is 0 Å². The topological polar surface area (TPSA) is 78.3 Å². The van der Waals surface area contributed by atoms with Crippen molar-refractivity contribution in [1.82, 2.24) is 14.8 Å². The van der Waals surface area contributed by atoms with E-state index in [0.29, 0.717) is 29.0 Å². The third-order valence-corrected chi connectivity index (χ3v) is 5.34. The van der Waals surface area contributed by atoms with Crippen LogP contribution in [0.3, 0.4) is 0 Å². The van der Waals surface area contributed by atoms with Crippen LogP contribution in [0.5, 0.6) is 11.5 Å². The van der Waals surface area contributed by atoms with Crippen molar-refractivity contribution in [3.8, 4) is 11.5 Å². The Morgan fingerprint density at radius 3 is 2.52 bits per heavy atom. The number of methoxy groups -OCH3 is 1. The summed E-state index contributed by atoms with van der Waals surface area (Å²) in [6.07, 6.45) is -2.93. The minimum Gasteiger partial charge on any atom is -0.497 e. The van der Waals surface area contributed by atoms with Crippen molar-refractivity contribution >= 4 is 23.4 Å². The molecule has 0 aliphatic rings. The van der Waals surface area contributed by atoms with E-state index in [0.717, 1.165) is 17.8 Å². The van der Waals surface area contributed by atoms with Crippen LogP contribution in [0, 0.1) is 0 Å². The first-order valence-electron chi connectivity index (χ1n) is 9.70. The van der Waals surface area contributed by atoms with Crippen LogP contribution in [0.1, 0.15) is 11.4 Å². The first-order chi connectivity index (χ1) is 15.8. The highest BCUT2D eigenvalue weighted by atomic mass is 32.2. The number of alkyl halides is 3. The van der Waals surface area contributed by atoms with E-state index in [1.165, 1.54) is 18.2 Å². The van der Waals surface area contributed by atoms with Crippen LogP contribution in [0.15, 0.2) is 66.3 Å². The number of carbonyl (C=O) groups is 1. The molecule has 3 aromatic rings. The van der Waals surface area contributed by atoms with Gasteiger partial charge in [0.05, 0.1) is 24.1 Å². The highest BCUT2D eigenvalue weighted by molar-refractivity contribution is 7.99. The summed E-state index contributed by atoms with van der Waals surface area (Å²) in [5.74, 6) is 1.07. The molecule has 33 heavy (non-hydrogen) atoms. The molecule has 0 fully saturated rings. The second-order valence-electron chi connectivity index (χ2n) is 6.64. The first-order valence-corrected chi connectivity index (χ1v) is 10.7. The average Bonchev–Trinajstić information content (AvgIpc) is 3.18. The lowest BCUT2D eigenvalue weighted by atomic mass is 10.1. The normalized spacial score (nSPS) is 11.2. The number of halogens is 3. The number of nitrogens with zero attached hydrogens (tertiary/aromatic N) is 3. The summed E-state index contributed by atoms with van der Waals surface area (Å²) in [5, 5.41) is 10.9. The fourth-order valence-electron chi connectivity index (χ4n) is 2.82. The largest absolute Gasteiger partial charge is 0.497 e. The molecule has 1 aromatic heterocycles. The van der Waals surface area contributed by atoms with Gasteiger partial charge in [0, 0.05) is 6.54 Å². The first kappa shape index (κ1) is 24.2. The highest BCUT2D eigenvalue weighted by Gasteiger charge is 2.33. The van der Waals surface area contributed by atoms with E-state index in [1.807, 2.05) is 0 Å². The number of rotatable bonds is 10. The summed E-state index contributed by atoms with van der Waals surface area (Å²) in [6.45, 7) is 4.21. The second-order valence-corrected chi connectivity index (χ2v) is 7.58. The molecule has 11 heteroatoms. The number of ether oxygens (including phenoxy) is 2. The van der Waals surface area contributed by atoms with Crippen LogP contribution in [0.4, 0.5) is 18.9 Å². The van der Waals surface area contributed by atoms with Gasteiger partial charge in [0.1, 0.15) is 18.1 Å². The van der Waals surface area contributed by atoms with E-state index in [9.17, 15) is 18.0 Å². The number of nitrogens with one attached hydrogen (secondary N) is 1. The zero-order chi connectivity index (χ0) is 23.8. The van der Waals surface area contributed by atoms with E-state index in [2.05, 4.69) is 22.1 Å². The quantitative estimate of drug-likeness (QED) is 0.333. The lowest BCUT2D eigenvalue weighted by molar-refractivity contribution is -0.137. The Hall–Kier alpha value is -3.47. The molecule has 1 amide bonds. The molecule has 1 N–H and O–H groups in total. The van der Waals surface area contributed by atoms with Crippen LogP contribution in [0.2, 0.25) is 0 Å². The Bertz CT molecular complexity index is 1100. The van der Waals surface area contributed by atoms with Gasteiger partial charge in [-0.3, -0.25) is 9.36 Å². The number of thioether (sulfide) groups is 1. The van der Waals surface area contributed by atoms with Crippen molar-refractivity contribution < 1.29 is 27.4 Å². The Labute approximate surface area is 192 Å². The van der Waals surface area contributed by atoms with Crippen molar-refractivity contribution in [1.29, 1.82) is 0 Å². The summed E-state index contributed by atoms with van der Waals surface area (Å²) in [4.78, 5) is 12.3. The lowest BCUT2D eigenvalue weighted by Gasteiger charge is -2.13. The molecule has 0 saturated heterocycles. The number of hydrogen-bond acceptors (Lipinski definition) is 6. The summed E-state index contributed by atoms with van der Waals surface area (Å²) >= 11 is 1.05. The summed E-state index contributed by atoms with van der Waals surface area (Å²) in [6, 6.07) is 11.9. The van der Waals surface area contributed by atoms with Crippen LogP contribution in [-0.4, -0.2) is 33.5 Å². The Morgan fingerprint density at radius 2 is 1.85 bits per heavy atom. The fourth-order valence-corrected chi connectivity index (χ4v) is 3.59. The van der Waals surface area contributed by atoms with Gasteiger partial charge >= 0.3 is 6.18 Å². The second kappa shape index (κ2) is 10.9. The van der Waals surface area contributed by atoms with Gasteiger partial charge in [-0.1, -0.05) is 30.0 Å². The molecule has 0 spiro atoms. The Kier molecular flexibility index (Phi) is 7.99. The maximum absolute atomic E-state index is 13.1. The number of anilines is 1. The number of allylic oxidation sites excluding steroid dienone is 1. The van der Waals surface area contributed by atoms with Crippen molar-refractivity contribution in [2.24, 2.45) is 0 Å². The third-order valence-electron chi connectivity index (χ3n) is 4.37. The molecule has 0 saturated carbocycles. The van der Waals surface area contributed by atoms with Crippen molar-refractivity contribution in [3.63, 3.8) is 0 Å². The number of aromatic nitrogens is 3. The zero-order valence-corrected chi connectivity index (χ0v) is 18.4. The maximum Gasteiger partial charge on any atom is 0.418 e. The van der Waals surface area contributed by atoms with Gasteiger partial charge in [0.2, 0.25) is 5.91 Å². The Morgan fingerprint density at radius 1 is 1.15 bits per heavy atom.